The van der Waals surface area contributed by atoms with Gasteiger partial charge in [0.2, 0.25) is 0 Å². The molecule has 0 amide bonds. The zero-order valence-corrected chi connectivity index (χ0v) is 20.0. The van der Waals surface area contributed by atoms with Gasteiger partial charge in [-0.25, -0.2) is 0 Å². The fourth-order valence-electron chi connectivity index (χ4n) is 4.97. The first-order valence-electron chi connectivity index (χ1n) is 12.7. The van der Waals surface area contributed by atoms with Crippen LogP contribution < -0.4 is 0 Å². The molecule has 0 spiro atoms. The Labute approximate surface area is 201 Å². The number of benzene rings is 3. The zero-order chi connectivity index (χ0) is 23.3. The van der Waals surface area contributed by atoms with Crippen LogP contribution in [0.1, 0.15) is 57.4 Å². The number of phenolic OH excluding ortho intramolecular Hbond substituents is 1. The van der Waals surface area contributed by atoms with E-state index in [0.29, 0.717) is 5.75 Å². The van der Waals surface area contributed by atoms with Gasteiger partial charge < -0.3 is 15.1 Å². The van der Waals surface area contributed by atoms with Crippen molar-refractivity contribution in [2.75, 3.05) is 0 Å². The molecule has 0 radical (unpaired) electrons. The molecule has 0 atom stereocenters. The van der Waals surface area contributed by atoms with E-state index in [-0.39, 0.29) is 0 Å². The van der Waals surface area contributed by atoms with Crippen molar-refractivity contribution in [3.05, 3.63) is 78.4 Å². The number of aromatic nitrogens is 2. The van der Waals surface area contributed by atoms with Crippen LogP contribution in [-0.2, 0) is 6.42 Å². The highest BCUT2D eigenvalue weighted by molar-refractivity contribution is 5.92. The Morgan fingerprint density at radius 1 is 0.618 bits per heavy atom. The Morgan fingerprint density at radius 3 is 1.65 bits per heavy atom. The molecule has 5 aromatic rings. The van der Waals surface area contributed by atoms with Crippen LogP contribution in [0.25, 0.3) is 44.3 Å². The van der Waals surface area contributed by atoms with Crippen LogP contribution in [0.4, 0.5) is 0 Å². The van der Waals surface area contributed by atoms with Crippen molar-refractivity contribution in [1.29, 1.82) is 0 Å². The Balaban J connectivity index is 1.48. The van der Waals surface area contributed by atoms with Crippen LogP contribution in [0.5, 0.6) is 5.75 Å². The SMILES string of the molecule is CCCCCCCCCc1cc(-c2cc3ccccc3[nH]2)c(O)c(-c2cc3ccccc3[nH]2)c1. The third kappa shape index (κ3) is 4.75. The highest BCUT2D eigenvalue weighted by Gasteiger charge is 2.17. The van der Waals surface area contributed by atoms with E-state index in [0.717, 1.165) is 50.7 Å². The summed E-state index contributed by atoms with van der Waals surface area (Å²) < 4.78 is 0. The summed E-state index contributed by atoms with van der Waals surface area (Å²) >= 11 is 0. The minimum Gasteiger partial charge on any atom is -0.507 e. The predicted molar refractivity (Wildman–Crippen MR) is 144 cm³/mol. The summed E-state index contributed by atoms with van der Waals surface area (Å²) in [4.78, 5) is 7.02. The third-order valence-corrected chi connectivity index (χ3v) is 6.88. The maximum absolute atomic E-state index is 11.4. The molecule has 0 aliphatic carbocycles. The smallest absolute Gasteiger partial charge is 0.134 e. The summed E-state index contributed by atoms with van der Waals surface area (Å²) in [6.45, 7) is 2.26. The van der Waals surface area contributed by atoms with Gasteiger partial charge in [0, 0.05) is 32.9 Å². The standard InChI is InChI=1S/C31H34N2O/c1-2-3-4-5-6-7-8-13-22-18-25(29-20-23-14-9-11-16-27(23)32-29)31(34)26(19-22)30-21-24-15-10-12-17-28(24)33-30/h9-12,14-21,32-34H,2-8,13H2,1H3. The molecule has 0 unspecified atom stereocenters. The van der Waals surface area contributed by atoms with Gasteiger partial charge in [-0.1, -0.05) is 81.8 Å². The maximum atomic E-state index is 11.4. The Hall–Kier alpha value is -3.46. The average molecular weight is 451 g/mol. The van der Waals surface area contributed by atoms with Crippen molar-refractivity contribution in [3.63, 3.8) is 0 Å². The quantitative estimate of drug-likeness (QED) is 0.183. The number of nitrogens with one attached hydrogen (secondary N) is 2. The number of H-pyrrole nitrogens is 2. The van der Waals surface area contributed by atoms with E-state index < -0.39 is 0 Å². The zero-order valence-electron chi connectivity index (χ0n) is 20.0. The molecule has 0 bridgehead atoms. The number of fused-ring (bicyclic) bond motifs is 2. The van der Waals surface area contributed by atoms with Gasteiger partial charge in [-0.15, -0.1) is 0 Å². The molecule has 3 aromatic carbocycles. The number of aryl methyl sites for hydroxylation is 1. The number of hydrogen-bond donors (Lipinski definition) is 3. The van der Waals surface area contributed by atoms with Gasteiger partial charge in [-0.2, -0.15) is 0 Å². The molecule has 2 heterocycles. The van der Waals surface area contributed by atoms with Crippen LogP contribution in [0.3, 0.4) is 0 Å². The molecule has 3 heteroatoms. The largest absolute Gasteiger partial charge is 0.507 e. The molecule has 174 valence electrons. The van der Waals surface area contributed by atoms with E-state index in [2.05, 4.69) is 65.4 Å². The lowest BCUT2D eigenvalue weighted by atomic mass is 9.96. The molecule has 2 aromatic heterocycles. The Bertz CT molecular complexity index is 1230. The Kier molecular flexibility index (Phi) is 6.71. The molecule has 0 saturated carbocycles. The van der Waals surface area contributed by atoms with Gasteiger partial charge in [-0.05, 0) is 54.8 Å². The van der Waals surface area contributed by atoms with Crippen molar-refractivity contribution >= 4 is 21.8 Å². The topological polar surface area (TPSA) is 51.8 Å². The summed E-state index contributed by atoms with van der Waals surface area (Å²) in [5, 5.41) is 13.7. The number of unbranched alkanes of at least 4 members (excludes halogenated alkanes) is 6. The summed E-state index contributed by atoms with van der Waals surface area (Å²) in [5.74, 6) is 0.321. The number of rotatable bonds is 10. The highest BCUT2D eigenvalue weighted by atomic mass is 16.3. The van der Waals surface area contributed by atoms with Crippen molar-refractivity contribution < 1.29 is 5.11 Å². The molecule has 0 saturated heterocycles. The fourth-order valence-corrected chi connectivity index (χ4v) is 4.97. The van der Waals surface area contributed by atoms with Crippen LogP contribution >= 0.6 is 0 Å². The second-order valence-electron chi connectivity index (χ2n) is 9.45. The van der Waals surface area contributed by atoms with E-state index in [1.54, 1.807) is 0 Å². The lowest BCUT2D eigenvalue weighted by molar-refractivity contribution is 0.478. The lowest BCUT2D eigenvalue weighted by Gasteiger charge is -2.12. The van der Waals surface area contributed by atoms with Gasteiger partial charge in [-0.3, -0.25) is 0 Å². The second-order valence-corrected chi connectivity index (χ2v) is 9.45. The molecule has 3 nitrogen and oxygen atoms in total. The van der Waals surface area contributed by atoms with Gasteiger partial charge >= 0.3 is 0 Å². The van der Waals surface area contributed by atoms with Gasteiger partial charge in [0.15, 0.2) is 0 Å². The van der Waals surface area contributed by atoms with Crippen molar-refractivity contribution in [3.8, 4) is 28.3 Å². The summed E-state index contributed by atoms with van der Waals surface area (Å²) in [6.07, 6.45) is 10.1. The summed E-state index contributed by atoms with van der Waals surface area (Å²) in [7, 11) is 0. The molecule has 0 aliphatic rings. The van der Waals surface area contributed by atoms with Gasteiger partial charge in [0.05, 0.1) is 11.4 Å². The highest BCUT2D eigenvalue weighted by Crippen LogP contribution is 2.40. The van der Waals surface area contributed by atoms with E-state index in [1.807, 2.05) is 24.3 Å². The number of aromatic amines is 2. The van der Waals surface area contributed by atoms with Crippen LogP contribution in [0.15, 0.2) is 72.8 Å². The second kappa shape index (κ2) is 10.2. The molecule has 0 fully saturated rings. The van der Waals surface area contributed by atoms with E-state index in [9.17, 15) is 5.11 Å². The van der Waals surface area contributed by atoms with E-state index in [4.69, 9.17) is 0 Å². The monoisotopic (exact) mass is 450 g/mol. The average Bonchev–Trinajstić information content (AvgIpc) is 3.48. The first kappa shape index (κ1) is 22.3. The molecular formula is C31H34N2O. The lowest BCUT2D eigenvalue weighted by Crippen LogP contribution is -1.92. The molecular weight excluding hydrogens is 416 g/mol. The van der Waals surface area contributed by atoms with Gasteiger partial charge in [0.1, 0.15) is 5.75 Å². The number of aromatic hydroxyl groups is 1. The molecule has 0 aliphatic heterocycles. The Morgan fingerprint density at radius 2 is 1.12 bits per heavy atom. The number of para-hydroxylation sites is 2. The van der Waals surface area contributed by atoms with Crippen LogP contribution in [0.2, 0.25) is 0 Å². The summed E-state index contributed by atoms with van der Waals surface area (Å²) in [5.41, 5.74) is 7.09. The molecule has 34 heavy (non-hydrogen) atoms. The predicted octanol–water partition coefficient (Wildman–Crippen LogP) is 8.98. The third-order valence-electron chi connectivity index (χ3n) is 6.88. The molecule has 5 rings (SSSR count). The minimum atomic E-state index is 0.321. The minimum absolute atomic E-state index is 0.321. The number of phenols is 1. The van der Waals surface area contributed by atoms with Crippen LogP contribution in [0, 0.1) is 0 Å². The number of hydrogen-bond acceptors (Lipinski definition) is 1. The normalized spacial score (nSPS) is 11.6. The summed E-state index contributed by atoms with van der Waals surface area (Å²) in [6, 6.07) is 25.2. The van der Waals surface area contributed by atoms with E-state index >= 15 is 0 Å². The van der Waals surface area contributed by atoms with Gasteiger partial charge in [0.25, 0.3) is 0 Å². The van der Waals surface area contributed by atoms with Crippen LogP contribution in [-0.4, -0.2) is 15.1 Å². The first-order valence-corrected chi connectivity index (χ1v) is 12.7. The molecule has 3 N–H and O–H groups in total. The van der Waals surface area contributed by atoms with E-state index in [1.165, 1.54) is 50.5 Å². The maximum Gasteiger partial charge on any atom is 0.134 e. The van der Waals surface area contributed by atoms with Crippen molar-refractivity contribution in [1.82, 2.24) is 9.97 Å². The van der Waals surface area contributed by atoms with Crippen molar-refractivity contribution in [2.45, 2.75) is 58.3 Å². The first-order chi connectivity index (χ1) is 16.7. The van der Waals surface area contributed by atoms with Crippen molar-refractivity contribution in [2.24, 2.45) is 0 Å². The fraction of sp³-hybridized carbons (Fsp3) is 0.290.